The Hall–Kier alpha value is -1.62. The summed E-state index contributed by atoms with van der Waals surface area (Å²) >= 11 is 0. The second-order valence-electron chi connectivity index (χ2n) is 12.0. The Morgan fingerprint density at radius 2 is 0.952 bits per heavy atom. The van der Waals surface area contributed by atoms with E-state index in [1.54, 1.807) is 0 Å². The number of carbonyl (C=O) groups is 2. The number of unbranched alkanes of at least 4 members (excludes halogenated alkanes) is 20. The largest absolute Gasteiger partial charge is 0.462 e. The fraction of sp³-hybridized carbons (Fsp3) is 0.838. The lowest BCUT2D eigenvalue weighted by molar-refractivity contribution is -0.161. The van der Waals surface area contributed by atoms with Crippen LogP contribution in [0.1, 0.15) is 181 Å². The second-order valence-corrected chi connectivity index (χ2v) is 12.0. The van der Waals surface area contributed by atoms with Crippen LogP contribution in [-0.4, -0.2) is 36.4 Å². The minimum Gasteiger partial charge on any atom is -0.462 e. The lowest BCUT2D eigenvalue weighted by Gasteiger charge is -2.15. The van der Waals surface area contributed by atoms with E-state index in [0.717, 1.165) is 44.9 Å². The molecule has 1 N–H and O–H groups in total. The van der Waals surface area contributed by atoms with Gasteiger partial charge in [0.1, 0.15) is 6.61 Å². The van der Waals surface area contributed by atoms with E-state index < -0.39 is 6.10 Å². The van der Waals surface area contributed by atoms with Gasteiger partial charge in [0.15, 0.2) is 6.10 Å². The van der Waals surface area contributed by atoms with Gasteiger partial charge >= 0.3 is 11.9 Å². The number of esters is 2. The van der Waals surface area contributed by atoms with Crippen LogP contribution in [0.2, 0.25) is 0 Å². The first-order valence-electron chi connectivity index (χ1n) is 17.9. The molecule has 0 spiro atoms. The zero-order valence-corrected chi connectivity index (χ0v) is 27.8. The van der Waals surface area contributed by atoms with E-state index in [-0.39, 0.29) is 25.2 Å². The lowest BCUT2D eigenvalue weighted by Crippen LogP contribution is -2.28. The molecule has 5 heteroatoms. The van der Waals surface area contributed by atoms with Gasteiger partial charge < -0.3 is 14.6 Å². The molecule has 0 aromatic heterocycles. The van der Waals surface area contributed by atoms with Gasteiger partial charge in [0.25, 0.3) is 0 Å². The van der Waals surface area contributed by atoms with E-state index in [9.17, 15) is 14.7 Å². The summed E-state index contributed by atoms with van der Waals surface area (Å²) in [6.45, 7) is 4.07. The van der Waals surface area contributed by atoms with Crippen LogP contribution >= 0.6 is 0 Å². The van der Waals surface area contributed by atoms with Crippen molar-refractivity contribution in [3.8, 4) is 0 Å². The van der Waals surface area contributed by atoms with Crippen LogP contribution in [0.4, 0.5) is 0 Å². The molecule has 0 fully saturated rings. The normalized spacial score (nSPS) is 12.4. The third-order valence-electron chi connectivity index (χ3n) is 7.75. The molecule has 0 heterocycles. The standard InChI is InChI=1S/C37H68O5/c1-3-5-7-9-11-12-13-14-15-16-17-18-19-20-21-22-23-24-26-28-30-32-37(40)42-35(33-38)34-41-36(39)31-29-27-25-10-8-6-4-2/h13-14,16-17,35,38H,3-12,15,18-34H2,1-2H3/b14-13-,17-16-. The molecule has 5 nitrogen and oxygen atoms in total. The molecule has 0 aromatic rings. The third-order valence-corrected chi connectivity index (χ3v) is 7.75. The van der Waals surface area contributed by atoms with Gasteiger partial charge in [-0.05, 0) is 44.9 Å². The summed E-state index contributed by atoms with van der Waals surface area (Å²) < 4.78 is 10.5. The van der Waals surface area contributed by atoms with Gasteiger partial charge in [-0.1, -0.05) is 147 Å². The molecule has 0 aromatic carbocycles. The molecule has 246 valence electrons. The highest BCUT2D eigenvalue weighted by molar-refractivity contribution is 5.70. The first-order valence-corrected chi connectivity index (χ1v) is 17.9. The smallest absolute Gasteiger partial charge is 0.306 e. The SMILES string of the molecule is CCCCCCC/C=C\C/C=C\CCCCCCCCCCCC(=O)OC(CO)COC(=O)CCCCCCCCC. The fourth-order valence-electron chi connectivity index (χ4n) is 4.99. The number of aliphatic hydroxyl groups is 1. The highest BCUT2D eigenvalue weighted by Gasteiger charge is 2.16. The Kier molecular flexibility index (Phi) is 32.6. The molecule has 42 heavy (non-hydrogen) atoms. The van der Waals surface area contributed by atoms with Crippen molar-refractivity contribution >= 4 is 11.9 Å². The monoisotopic (exact) mass is 593 g/mol. The number of allylic oxidation sites excluding steroid dienone is 4. The average molecular weight is 593 g/mol. The molecule has 0 aliphatic carbocycles. The first-order chi connectivity index (χ1) is 20.6. The minimum atomic E-state index is -0.766. The van der Waals surface area contributed by atoms with Crippen LogP contribution in [0.5, 0.6) is 0 Å². The van der Waals surface area contributed by atoms with Gasteiger partial charge in [-0.2, -0.15) is 0 Å². The summed E-state index contributed by atoms with van der Waals surface area (Å²) in [6, 6.07) is 0. The minimum absolute atomic E-state index is 0.0650. The maximum Gasteiger partial charge on any atom is 0.306 e. The van der Waals surface area contributed by atoms with Crippen molar-refractivity contribution in [1.82, 2.24) is 0 Å². The van der Waals surface area contributed by atoms with Crippen molar-refractivity contribution < 1.29 is 24.2 Å². The van der Waals surface area contributed by atoms with E-state index in [2.05, 4.69) is 38.2 Å². The molecule has 0 saturated heterocycles. The molecule has 1 unspecified atom stereocenters. The maximum absolute atomic E-state index is 12.1. The summed E-state index contributed by atoms with van der Waals surface area (Å²) in [7, 11) is 0. The average Bonchev–Trinajstić information content (AvgIpc) is 2.99. The van der Waals surface area contributed by atoms with E-state index >= 15 is 0 Å². The molecule has 0 rings (SSSR count). The van der Waals surface area contributed by atoms with Crippen LogP contribution in [0, 0.1) is 0 Å². The molecule has 1 atom stereocenters. The summed E-state index contributed by atoms with van der Waals surface area (Å²) in [6.07, 6.45) is 38.2. The Balaban J connectivity index is 3.52. The van der Waals surface area contributed by atoms with Gasteiger partial charge in [-0.15, -0.1) is 0 Å². The molecular formula is C37H68O5. The van der Waals surface area contributed by atoms with E-state index in [1.807, 2.05) is 0 Å². The first kappa shape index (κ1) is 40.4. The van der Waals surface area contributed by atoms with Crippen molar-refractivity contribution in [2.24, 2.45) is 0 Å². The quantitative estimate of drug-likeness (QED) is 0.0478. The summed E-state index contributed by atoms with van der Waals surface area (Å²) in [5, 5.41) is 9.48. The van der Waals surface area contributed by atoms with Gasteiger partial charge in [0, 0.05) is 12.8 Å². The zero-order chi connectivity index (χ0) is 30.8. The van der Waals surface area contributed by atoms with Crippen LogP contribution in [0.25, 0.3) is 0 Å². The topological polar surface area (TPSA) is 72.8 Å². The zero-order valence-electron chi connectivity index (χ0n) is 27.8. The van der Waals surface area contributed by atoms with Crippen LogP contribution < -0.4 is 0 Å². The summed E-state index contributed by atoms with van der Waals surface area (Å²) in [4.78, 5) is 24.0. The van der Waals surface area contributed by atoms with Crippen LogP contribution in [-0.2, 0) is 19.1 Å². The number of hydrogen-bond donors (Lipinski definition) is 1. The van der Waals surface area contributed by atoms with Crippen molar-refractivity contribution in [3.05, 3.63) is 24.3 Å². The fourth-order valence-corrected chi connectivity index (χ4v) is 4.99. The van der Waals surface area contributed by atoms with Crippen molar-refractivity contribution in [3.63, 3.8) is 0 Å². The predicted molar refractivity (Wildman–Crippen MR) is 178 cm³/mol. The lowest BCUT2D eigenvalue weighted by atomic mass is 10.1. The number of carbonyl (C=O) groups excluding carboxylic acids is 2. The Bertz CT molecular complexity index is 642. The number of aliphatic hydroxyl groups excluding tert-OH is 1. The van der Waals surface area contributed by atoms with Gasteiger partial charge in [-0.25, -0.2) is 0 Å². The Morgan fingerprint density at radius 3 is 1.40 bits per heavy atom. The number of rotatable bonds is 32. The molecular weight excluding hydrogens is 524 g/mol. The molecule has 0 aliphatic rings. The highest BCUT2D eigenvalue weighted by Crippen LogP contribution is 2.13. The van der Waals surface area contributed by atoms with Gasteiger partial charge in [0.2, 0.25) is 0 Å². The number of hydrogen-bond acceptors (Lipinski definition) is 5. The Morgan fingerprint density at radius 1 is 0.548 bits per heavy atom. The van der Waals surface area contributed by atoms with Crippen molar-refractivity contribution in [1.29, 1.82) is 0 Å². The molecule has 0 saturated carbocycles. The highest BCUT2D eigenvalue weighted by atomic mass is 16.6. The second kappa shape index (κ2) is 33.9. The molecule has 0 aliphatic heterocycles. The van der Waals surface area contributed by atoms with Crippen molar-refractivity contribution in [2.75, 3.05) is 13.2 Å². The van der Waals surface area contributed by atoms with E-state index in [0.29, 0.717) is 12.8 Å². The van der Waals surface area contributed by atoms with E-state index in [4.69, 9.17) is 9.47 Å². The molecule has 0 bridgehead atoms. The van der Waals surface area contributed by atoms with Crippen LogP contribution in [0.3, 0.4) is 0 Å². The van der Waals surface area contributed by atoms with E-state index in [1.165, 1.54) is 109 Å². The Labute approximate surface area is 260 Å². The van der Waals surface area contributed by atoms with Gasteiger partial charge in [0.05, 0.1) is 6.61 Å². The van der Waals surface area contributed by atoms with Crippen molar-refractivity contribution in [2.45, 2.75) is 187 Å². The predicted octanol–water partition coefficient (Wildman–Crippen LogP) is 10.7. The van der Waals surface area contributed by atoms with Crippen LogP contribution in [0.15, 0.2) is 24.3 Å². The maximum atomic E-state index is 12.1. The third kappa shape index (κ3) is 31.3. The summed E-state index contributed by atoms with van der Waals surface area (Å²) in [5.74, 6) is -0.600. The van der Waals surface area contributed by atoms with Gasteiger partial charge in [-0.3, -0.25) is 9.59 Å². The summed E-state index contributed by atoms with van der Waals surface area (Å²) in [5.41, 5.74) is 0. The molecule has 0 amide bonds. The number of ether oxygens (including phenoxy) is 2. The molecule has 0 radical (unpaired) electrons.